The molecule has 0 spiro atoms. The molecular weight excluding hydrogens is 524 g/mol. The number of ether oxygens (including phenoxy) is 1. The molecule has 0 saturated carbocycles. The van der Waals surface area contributed by atoms with Crippen molar-refractivity contribution in [3.63, 3.8) is 0 Å². The molecule has 1 heterocycles. The zero-order valence-corrected chi connectivity index (χ0v) is 19.3. The summed E-state index contributed by atoms with van der Waals surface area (Å²) in [5.74, 6) is -0.198. The van der Waals surface area contributed by atoms with Crippen LogP contribution >= 0.6 is 22.6 Å². The summed E-state index contributed by atoms with van der Waals surface area (Å²) in [6.07, 6.45) is 2.64. The number of hydrogen-bond acceptors (Lipinski definition) is 5. The van der Waals surface area contributed by atoms with Crippen molar-refractivity contribution in [2.75, 3.05) is 23.3 Å². The number of aromatic nitrogens is 1. The van der Waals surface area contributed by atoms with Crippen LogP contribution < -0.4 is 20.3 Å². The smallest absolute Gasteiger partial charge is 0.273 e. The lowest BCUT2D eigenvalue weighted by molar-refractivity contribution is 0.443. The number of nitrogens with one attached hydrogen (secondary N) is 2. The number of rotatable bonds is 6. The lowest BCUT2D eigenvalue weighted by Crippen LogP contribution is -2.19. The number of anilines is 2. The quantitative estimate of drug-likeness (QED) is 0.459. The SMILES string of the molecule is CNc1cc(-c2cc(NS(C)(=O)=O)ccc2Oc2ccc(I)cc2F)cn(C)c1=O. The maximum absolute atomic E-state index is 14.3. The zero-order chi connectivity index (χ0) is 22.1. The van der Waals surface area contributed by atoms with Crippen molar-refractivity contribution < 1.29 is 17.5 Å². The van der Waals surface area contributed by atoms with Gasteiger partial charge in [-0.05, 0) is 65.1 Å². The van der Waals surface area contributed by atoms with Crippen molar-refractivity contribution in [3.8, 4) is 22.6 Å². The number of benzene rings is 2. The summed E-state index contributed by atoms with van der Waals surface area (Å²) < 4.78 is 48.0. The zero-order valence-electron chi connectivity index (χ0n) is 16.4. The Balaban J connectivity index is 2.17. The van der Waals surface area contributed by atoms with Gasteiger partial charge in [-0.2, -0.15) is 0 Å². The van der Waals surface area contributed by atoms with Crippen LogP contribution in [-0.4, -0.2) is 26.3 Å². The van der Waals surface area contributed by atoms with Gasteiger partial charge in [0.15, 0.2) is 11.6 Å². The molecule has 2 N–H and O–H groups in total. The minimum atomic E-state index is -3.51. The van der Waals surface area contributed by atoms with Crippen molar-refractivity contribution in [2.24, 2.45) is 7.05 Å². The minimum Gasteiger partial charge on any atom is -0.454 e. The van der Waals surface area contributed by atoms with Gasteiger partial charge in [-0.15, -0.1) is 0 Å². The second-order valence-electron chi connectivity index (χ2n) is 6.57. The van der Waals surface area contributed by atoms with Crippen molar-refractivity contribution in [2.45, 2.75) is 0 Å². The Bertz CT molecular complexity index is 1280. The summed E-state index contributed by atoms with van der Waals surface area (Å²) in [6.45, 7) is 0. The van der Waals surface area contributed by atoms with Gasteiger partial charge in [-0.1, -0.05) is 0 Å². The lowest BCUT2D eigenvalue weighted by atomic mass is 10.0. The van der Waals surface area contributed by atoms with Crippen LogP contribution in [0.2, 0.25) is 0 Å². The standard InChI is InChI=1S/C20H19FIN3O4S/c1-23-17-8-12(11-25(2)20(17)26)15-10-14(24-30(3,27)28)5-7-18(15)29-19-6-4-13(22)9-16(19)21/h4-11,23-24H,1-3H3. The Morgan fingerprint density at radius 2 is 1.80 bits per heavy atom. The van der Waals surface area contributed by atoms with Gasteiger partial charge in [0, 0.05) is 40.7 Å². The molecule has 158 valence electrons. The summed E-state index contributed by atoms with van der Waals surface area (Å²) in [4.78, 5) is 12.2. The third kappa shape index (κ3) is 5.11. The summed E-state index contributed by atoms with van der Waals surface area (Å²) in [6, 6.07) is 10.8. The number of nitrogens with zero attached hydrogens (tertiary/aromatic N) is 1. The molecule has 0 unspecified atom stereocenters. The summed E-state index contributed by atoms with van der Waals surface area (Å²) in [5.41, 5.74) is 1.50. The number of aryl methyl sites for hydroxylation is 1. The van der Waals surface area contributed by atoms with Gasteiger partial charge in [0.25, 0.3) is 5.56 Å². The molecule has 0 atom stereocenters. The van der Waals surface area contributed by atoms with Gasteiger partial charge in [-0.25, -0.2) is 12.8 Å². The van der Waals surface area contributed by atoms with Crippen molar-refractivity contribution in [1.29, 1.82) is 0 Å². The highest BCUT2D eigenvalue weighted by molar-refractivity contribution is 14.1. The van der Waals surface area contributed by atoms with Crippen LogP contribution in [0, 0.1) is 9.39 Å². The third-order valence-electron chi connectivity index (χ3n) is 4.16. The first-order chi connectivity index (χ1) is 14.1. The first kappa shape index (κ1) is 22.1. The third-order valence-corrected chi connectivity index (χ3v) is 5.44. The van der Waals surface area contributed by atoms with E-state index in [1.54, 1.807) is 44.6 Å². The predicted octanol–water partition coefficient (Wildman–Crippen LogP) is 4.00. The molecule has 0 aliphatic heterocycles. The molecular formula is C20H19FIN3O4S. The largest absolute Gasteiger partial charge is 0.454 e. The van der Waals surface area contributed by atoms with Crippen LogP contribution in [0.25, 0.3) is 11.1 Å². The summed E-state index contributed by atoms with van der Waals surface area (Å²) in [7, 11) is -0.279. The molecule has 0 bridgehead atoms. The topological polar surface area (TPSA) is 89.4 Å². The lowest BCUT2D eigenvalue weighted by Gasteiger charge is -2.16. The average molecular weight is 543 g/mol. The fourth-order valence-electron chi connectivity index (χ4n) is 2.84. The Labute approximate surface area is 187 Å². The number of hydrogen-bond donors (Lipinski definition) is 2. The predicted molar refractivity (Wildman–Crippen MR) is 124 cm³/mol. The van der Waals surface area contributed by atoms with Gasteiger partial charge in [0.1, 0.15) is 11.4 Å². The molecule has 30 heavy (non-hydrogen) atoms. The van der Waals surface area contributed by atoms with Crippen LogP contribution in [0.1, 0.15) is 0 Å². The second kappa shape index (κ2) is 8.64. The maximum Gasteiger partial charge on any atom is 0.273 e. The molecule has 0 saturated heterocycles. The van der Waals surface area contributed by atoms with Crippen LogP contribution in [0.3, 0.4) is 0 Å². The van der Waals surface area contributed by atoms with Gasteiger partial charge in [0.2, 0.25) is 10.0 Å². The van der Waals surface area contributed by atoms with E-state index in [-0.39, 0.29) is 11.3 Å². The minimum absolute atomic E-state index is 0.0270. The highest BCUT2D eigenvalue weighted by Gasteiger charge is 2.15. The molecule has 3 rings (SSSR count). The first-order valence-corrected chi connectivity index (χ1v) is 11.7. The fourth-order valence-corrected chi connectivity index (χ4v) is 3.85. The highest BCUT2D eigenvalue weighted by atomic mass is 127. The van der Waals surface area contributed by atoms with Crippen LogP contribution in [0.4, 0.5) is 15.8 Å². The van der Waals surface area contributed by atoms with E-state index in [1.165, 1.54) is 22.8 Å². The van der Waals surface area contributed by atoms with E-state index < -0.39 is 15.8 Å². The van der Waals surface area contributed by atoms with E-state index >= 15 is 0 Å². The maximum atomic E-state index is 14.3. The average Bonchev–Trinajstić information content (AvgIpc) is 2.66. The molecule has 0 aliphatic rings. The highest BCUT2D eigenvalue weighted by Crippen LogP contribution is 2.37. The van der Waals surface area contributed by atoms with E-state index in [2.05, 4.69) is 10.0 Å². The molecule has 0 amide bonds. The molecule has 7 nitrogen and oxygen atoms in total. The number of sulfonamides is 1. The van der Waals surface area contributed by atoms with Crippen molar-refractivity contribution >= 4 is 44.0 Å². The first-order valence-electron chi connectivity index (χ1n) is 8.71. The van der Waals surface area contributed by atoms with E-state index in [0.717, 1.165) is 9.83 Å². The number of halogens is 2. The Hall–Kier alpha value is -2.60. The molecule has 1 aromatic heterocycles. The van der Waals surface area contributed by atoms with Crippen LogP contribution in [0.15, 0.2) is 53.5 Å². The van der Waals surface area contributed by atoms with E-state index in [9.17, 15) is 17.6 Å². The molecule has 0 aliphatic carbocycles. The van der Waals surface area contributed by atoms with E-state index in [4.69, 9.17) is 4.74 Å². The normalized spacial score (nSPS) is 11.2. The summed E-state index contributed by atoms with van der Waals surface area (Å²) >= 11 is 2.00. The number of pyridine rings is 1. The molecule has 3 aromatic rings. The van der Waals surface area contributed by atoms with Crippen molar-refractivity contribution in [3.05, 3.63) is 68.4 Å². The fraction of sp³-hybridized carbons (Fsp3) is 0.150. The van der Waals surface area contributed by atoms with Gasteiger partial charge in [0.05, 0.1) is 6.26 Å². The van der Waals surface area contributed by atoms with Gasteiger partial charge in [-0.3, -0.25) is 9.52 Å². The molecule has 0 radical (unpaired) electrons. The van der Waals surface area contributed by atoms with Crippen LogP contribution in [-0.2, 0) is 17.1 Å². The summed E-state index contributed by atoms with van der Waals surface area (Å²) in [5, 5.41) is 2.84. The molecule has 0 fully saturated rings. The Kier molecular flexibility index (Phi) is 6.36. The van der Waals surface area contributed by atoms with Crippen molar-refractivity contribution in [1.82, 2.24) is 4.57 Å². The molecule has 2 aromatic carbocycles. The monoisotopic (exact) mass is 543 g/mol. The van der Waals surface area contributed by atoms with Crippen LogP contribution in [0.5, 0.6) is 11.5 Å². The van der Waals surface area contributed by atoms with E-state index in [1.807, 2.05) is 22.6 Å². The van der Waals surface area contributed by atoms with Gasteiger partial charge < -0.3 is 14.6 Å². The molecule has 10 heteroatoms. The van der Waals surface area contributed by atoms with E-state index in [0.29, 0.717) is 28.3 Å². The Morgan fingerprint density at radius 1 is 1.10 bits per heavy atom. The van der Waals surface area contributed by atoms with Gasteiger partial charge >= 0.3 is 0 Å². The Morgan fingerprint density at radius 3 is 2.43 bits per heavy atom. The second-order valence-corrected chi connectivity index (χ2v) is 9.56.